The van der Waals surface area contributed by atoms with Crippen LogP contribution >= 0.6 is 0 Å². The lowest BCUT2D eigenvalue weighted by molar-refractivity contribution is 0.158. The Kier molecular flexibility index (Phi) is 8.23. The number of ether oxygens (including phenoxy) is 2. The summed E-state index contributed by atoms with van der Waals surface area (Å²) in [6.07, 6.45) is 1.64. The number of tetrazole rings is 1. The maximum atomic E-state index is 13.1. The lowest BCUT2D eigenvalue weighted by atomic mass is 10.1. The predicted molar refractivity (Wildman–Crippen MR) is 134 cm³/mol. The molecule has 9 heteroatoms. The normalized spacial score (nSPS) is 12.3. The largest absolute Gasteiger partial charge is 0.497 e. The summed E-state index contributed by atoms with van der Waals surface area (Å²) in [6, 6.07) is 18.0. The van der Waals surface area contributed by atoms with E-state index in [4.69, 9.17) is 9.47 Å². The topological polar surface area (TPSA) is 98.2 Å². The molecule has 0 aliphatic carbocycles. The van der Waals surface area contributed by atoms with Gasteiger partial charge in [0.15, 0.2) is 5.82 Å². The molecule has 4 aromatic rings. The van der Waals surface area contributed by atoms with Crippen molar-refractivity contribution in [1.29, 1.82) is 0 Å². The zero-order valence-electron chi connectivity index (χ0n) is 20.5. The zero-order chi connectivity index (χ0) is 24.6. The minimum absolute atomic E-state index is 0.0588. The van der Waals surface area contributed by atoms with Gasteiger partial charge in [-0.25, -0.2) is 4.68 Å². The lowest BCUT2D eigenvalue weighted by Crippen LogP contribution is -2.34. The fraction of sp³-hybridized carbons (Fsp3) is 0.385. The number of benzene rings is 2. The number of hydrogen-bond donors (Lipinski definition) is 1. The molecule has 2 aromatic heterocycles. The number of nitrogens with zero attached hydrogens (tertiary/aromatic N) is 5. The first-order valence-corrected chi connectivity index (χ1v) is 11.9. The number of pyridine rings is 1. The van der Waals surface area contributed by atoms with Crippen LogP contribution in [0.25, 0.3) is 10.9 Å². The minimum Gasteiger partial charge on any atom is -0.497 e. The van der Waals surface area contributed by atoms with Gasteiger partial charge in [-0.15, -0.1) is 5.10 Å². The predicted octanol–water partition coefficient (Wildman–Crippen LogP) is 3.37. The Bertz CT molecular complexity index is 1290. The smallest absolute Gasteiger partial charge is 0.252 e. The van der Waals surface area contributed by atoms with E-state index in [9.17, 15) is 4.79 Å². The second-order valence-electron chi connectivity index (χ2n) is 8.46. The van der Waals surface area contributed by atoms with Crippen molar-refractivity contribution >= 4 is 10.9 Å². The molecule has 0 spiro atoms. The molecule has 1 N–H and O–H groups in total. The molecule has 35 heavy (non-hydrogen) atoms. The fourth-order valence-corrected chi connectivity index (χ4v) is 4.34. The van der Waals surface area contributed by atoms with Crippen molar-refractivity contribution in [2.24, 2.45) is 0 Å². The molecule has 0 saturated carbocycles. The number of aromatic nitrogens is 5. The van der Waals surface area contributed by atoms with Crippen LogP contribution in [0.2, 0.25) is 0 Å². The molecule has 0 radical (unpaired) electrons. The molecule has 184 valence electrons. The number of aromatic amines is 1. The Morgan fingerprint density at radius 3 is 2.69 bits per heavy atom. The molecule has 2 aromatic carbocycles. The number of methoxy groups -OCH3 is 2. The van der Waals surface area contributed by atoms with Crippen LogP contribution in [0.4, 0.5) is 0 Å². The van der Waals surface area contributed by atoms with Crippen LogP contribution < -0.4 is 10.3 Å². The van der Waals surface area contributed by atoms with Gasteiger partial charge in [0.25, 0.3) is 5.56 Å². The van der Waals surface area contributed by atoms with Gasteiger partial charge in [0, 0.05) is 31.8 Å². The minimum atomic E-state index is -0.107. The van der Waals surface area contributed by atoms with Crippen LogP contribution in [-0.4, -0.2) is 57.5 Å². The van der Waals surface area contributed by atoms with E-state index in [1.54, 1.807) is 18.9 Å². The molecule has 1 atom stereocenters. The highest BCUT2D eigenvalue weighted by molar-refractivity contribution is 5.80. The van der Waals surface area contributed by atoms with Crippen LogP contribution in [0, 0.1) is 0 Å². The third-order valence-corrected chi connectivity index (χ3v) is 6.23. The first kappa shape index (κ1) is 24.6. The van der Waals surface area contributed by atoms with Crippen LogP contribution in [0.15, 0.2) is 59.4 Å². The highest BCUT2D eigenvalue weighted by atomic mass is 16.5. The summed E-state index contributed by atoms with van der Waals surface area (Å²) in [5, 5.41) is 13.4. The number of rotatable bonds is 12. The van der Waals surface area contributed by atoms with Crippen molar-refractivity contribution in [2.45, 2.75) is 38.9 Å². The summed E-state index contributed by atoms with van der Waals surface area (Å²) in [5.41, 5.74) is 2.59. The standard InChI is InChI=1S/C26H32N6O3/c1-4-24(25-28-29-30-32(25)14-15-34-2)31(13-12-19-8-6-5-7-9-19)18-21-16-20-10-11-22(35-3)17-23(20)27-26(21)33/h5-11,16-17,24H,4,12-15,18H2,1-3H3,(H,27,33). The van der Waals surface area contributed by atoms with E-state index < -0.39 is 0 Å². The van der Waals surface area contributed by atoms with Crippen molar-refractivity contribution in [1.82, 2.24) is 30.1 Å². The molecule has 9 nitrogen and oxygen atoms in total. The first-order valence-electron chi connectivity index (χ1n) is 11.9. The molecule has 0 aliphatic rings. The van der Waals surface area contributed by atoms with E-state index in [0.29, 0.717) is 31.0 Å². The van der Waals surface area contributed by atoms with Crippen LogP contribution in [-0.2, 0) is 24.2 Å². The number of fused-ring (bicyclic) bond motifs is 1. The number of hydrogen-bond acceptors (Lipinski definition) is 7. The zero-order valence-corrected chi connectivity index (χ0v) is 20.5. The number of H-pyrrole nitrogens is 1. The second kappa shape index (κ2) is 11.7. The fourth-order valence-electron chi connectivity index (χ4n) is 4.34. The van der Waals surface area contributed by atoms with Crippen molar-refractivity contribution < 1.29 is 9.47 Å². The Labute approximate surface area is 204 Å². The molecule has 0 bridgehead atoms. The lowest BCUT2D eigenvalue weighted by Gasteiger charge is -2.30. The average molecular weight is 477 g/mol. The van der Waals surface area contributed by atoms with Crippen molar-refractivity contribution in [3.63, 3.8) is 0 Å². The Balaban J connectivity index is 1.66. The van der Waals surface area contributed by atoms with E-state index in [0.717, 1.165) is 36.1 Å². The van der Waals surface area contributed by atoms with E-state index in [1.807, 2.05) is 42.5 Å². The maximum absolute atomic E-state index is 13.1. The van der Waals surface area contributed by atoms with Gasteiger partial charge in [0.1, 0.15) is 5.75 Å². The van der Waals surface area contributed by atoms with Gasteiger partial charge in [-0.1, -0.05) is 37.3 Å². The van der Waals surface area contributed by atoms with E-state index in [-0.39, 0.29) is 11.6 Å². The average Bonchev–Trinajstić information content (AvgIpc) is 3.35. The van der Waals surface area contributed by atoms with Crippen molar-refractivity contribution in [3.8, 4) is 5.75 Å². The third-order valence-electron chi connectivity index (χ3n) is 6.23. The van der Waals surface area contributed by atoms with E-state index in [1.165, 1.54) is 5.56 Å². The third kappa shape index (κ3) is 5.93. The molecular weight excluding hydrogens is 444 g/mol. The van der Waals surface area contributed by atoms with Gasteiger partial charge in [-0.05, 0) is 52.4 Å². The highest BCUT2D eigenvalue weighted by Crippen LogP contribution is 2.25. The monoisotopic (exact) mass is 476 g/mol. The summed E-state index contributed by atoms with van der Waals surface area (Å²) in [7, 11) is 3.28. The molecule has 4 rings (SSSR count). The molecule has 2 heterocycles. The summed E-state index contributed by atoms with van der Waals surface area (Å²) < 4.78 is 12.3. The Morgan fingerprint density at radius 1 is 1.11 bits per heavy atom. The van der Waals surface area contributed by atoms with Gasteiger partial charge in [-0.3, -0.25) is 9.69 Å². The summed E-state index contributed by atoms with van der Waals surface area (Å²) in [5.74, 6) is 1.49. The molecule has 0 saturated heterocycles. The summed E-state index contributed by atoms with van der Waals surface area (Å²) >= 11 is 0. The SMILES string of the molecule is CCC(c1nnnn1CCOC)N(CCc1ccccc1)Cc1cc2ccc(OC)cc2[nH]c1=O. The second-order valence-corrected chi connectivity index (χ2v) is 8.46. The van der Waals surface area contributed by atoms with E-state index in [2.05, 4.69) is 44.5 Å². The van der Waals surface area contributed by atoms with Crippen LogP contribution in [0.3, 0.4) is 0 Å². The van der Waals surface area contributed by atoms with Crippen LogP contribution in [0.5, 0.6) is 5.75 Å². The first-order chi connectivity index (χ1) is 17.1. The summed E-state index contributed by atoms with van der Waals surface area (Å²) in [4.78, 5) is 18.4. The van der Waals surface area contributed by atoms with Crippen molar-refractivity contribution in [3.05, 3.63) is 81.9 Å². The molecule has 1 unspecified atom stereocenters. The van der Waals surface area contributed by atoms with Gasteiger partial charge in [0.2, 0.25) is 0 Å². The van der Waals surface area contributed by atoms with Crippen molar-refractivity contribution in [2.75, 3.05) is 27.4 Å². The molecular formula is C26H32N6O3. The molecule has 0 aliphatic heterocycles. The van der Waals surface area contributed by atoms with Gasteiger partial charge in [-0.2, -0.15) is 0 Å². The maximum Gasteiger partial charge on any atom is 0.252 e. The Morgan fingerprint density at radius 2 is 1.94 bits per heavy atom. The van der Waals surface area contributed by atoms with Crippen LogP contribution in [0.1, 0.15) is 36.3 Å². The van der Waals surface area contributed by atoms with Gasteiger partial charge in [0.05, 0.1) is 31.8 Å². The summed E-state index contributed by atoms with van der Waals surface area (Å²) in [6.45, 7) is 4.43. The van der Waals surface area contributed by atoms with Gasteiger partial charge < -0.3 is 14.5 Å². The quantitative estimate of drug-likeness (QED) is 0.335. The number of nitrogens with one attached hydrogen (secondary N) is 1. The van der Waals surface area contributed by atoms with E-state index >= 15 is 0 Å². The van der Waals surface area contributed by atoms with Gasteiger partial charge >= 0.3 is 0 Å². The Hall–Kier alpha value is -3.56. The molecule has 0 fully saturated rings. The highest BCUT2D eigenvalue weighted by Gasteiger charge is 2.25. The molecule has 0 amide bonds.